The van der Waals surface area contributed by atoms with Crippen molar-refractivity contribution in [3.63, 3.8) is 0 Å². The lowest BCUT2D eigenvalue weighted by atomic mass is 9.90. The summed E-state index contributed by atoms with van der Waals surface area (Å²) in [5, 5.41) is -0.211. The summed E-state index contributed by atoms with van der Waals surface area (Å²) in [6.07, 6.45) is 3.46. The molecule has 9 nitrogen and oxygen atoms in total. The van der Waals surface area contributed by atoms with E-state index in [1.54, 1.807) is 37.6 Å². The van der Waals surface area contributed by atoms with E-state index < -0.39 is 15.9 Å². The molecule has 3 heterocycles. The topological polar surface area (TPSA) is 105 Å². The van der Waals surface area contributed by atoms with Gasteiger partial charge < -0.3 is 14.5 Å². The maximum atomic E-state index is 13.2. The number of sulfonamides is 1. The molecule has 0 spiro atoms. The first kappa shape index (κ1) is 25.9. The van der Waals surface area contributed by atoms with Gasteiger partial charge >= 0.3 is 0 Å². The second-order valence-electron chi connectivity index (χ2n) is 9.12. The number of nitrogens with zero attached hydrogens (tertiary/aromatic N) is 4. The van der Waals surface area contributed by atoms with Gasteiger partial charge in [-0.05, 0) is 56.9 Å². The minimum atomic E-state index is -4.19. The molecule has 0 radical (unpaired) electrons. The van der Waals surface area contributed by atoms with Crippen molar-refractivity contribution in [1.29, 1.82) is 0 Å². The lowest BCUT2D eigenvalue weighted by Gasteiger charge is -2.36. The quantitative estimate of drug-likeness (QED) is 0.543. The number of aromatic nitrogens is 2. The molecule has 1 fully saturated rings. The number of methoxy groups -OCH3 is 1. The van der Waals surface area contributed by atoms with Crippen LogP contribution >= 0.6 is 0 Å². The average molecular weight is 490 g/mol. The first-order valence-corrected chi connectivity index (χ1v) is 13.1. The maximum Gasteiger partial charge on any atom is 0.281 e. The first-order chi connectivity index (χ1) is 16.1. The predicted octanol–water partition coefficient (Wildman–Crippen LogP) is 3.08. The number of pyridine rings is 2. The van der Waals surface area contributed by atoms with Gasteiger partial charge in [-0.2, -0.15) is 8.42 Å². The number of anilines is 2. The van der Waals surface area contributed by atoms with Gasteiger partial charge in [0.15, 0.2) is 5.03 Å². The molecule has 10 heteroatoms. The van der Waals surface area contributed by atoms with Gasteiger partial charge in [-0.25, -0.2) is 14.7 Å². The molecule has 0 aliphatic carbocycles. The predicted molar refractivity (Wildman–Crippen MR) is 133 cm³/mol. The SMILES string of the molecule is CCCN(CCOC)c1cccc(S(=O)(=O)NC(=O)c2cccnc2N2CCC(C)C2(C)C)n1. The molecular weight excluding hydrogens is 454 g/mol. The Morgan fingerprint density at radius 2 is 2.03 bits per heavy atom. The van der Waals surface area contributed by atoms with Crippen LogP contribution in [0, 0.1) is 5.92 Å². The molecule has 0 saturated carbocycles. The Kier molecular flexibility index (Phi) is 8.14. The normalized spacial score (nSPS) is 17.6. The van der Waals surface area contributed by atoms with Crippen LogP contribution in [0.3, 0.4) is 0 Å². The zero-order valence-corrected chi connectivity index (χ0v) is 21.4. The molecule has 1 aliphatic rings. The van der Waals surface area contributed by atoms with Crippen molar-refractivity contribution in [1.82, 2.24) is 14.7 Å². The molecule has 1 aliphatic heterocycles. The highest BCUT2D eigenvalue weighted by Gasteiger charge is 2.40. The number of nitrogens with one attached hydrogen (secondary N) is 1. The van der Waals surface area contributed by atoms with Crippen molar-refractivity contribution in [2.75, 3.05) is 43.2 Å². The second kappa shape index (κ2) is 10.7. The number of carbonyl (C=O) groups is 1. The Hall–Kier alpha value is -2.72. The average Bonchev–Trinajstić information content (AvgIpc) is 3.08. The lowest BCUT2D eigenvalue weighted by molar-refractivity contribution is 0.0981. The van der Waals surface area contributed by atoms with Crippen molar-refractivity contribution in [2.45, 2.75) is 51.1 Å². The molecule has 1 atom stereocenters. The first-order valence-electron chi connectivity index (χ1n) is 11.6. The lowest BCUT2D eigenvalue weighted by Crippen LogP contribution is -2.43. The van der Waals surface area contributed by atoms with Crippen molar-refractivity contribution >= 4 is 27.6 Å². The Balaban J connectivity index is 1.86. The number of carbonyl (C=O) groups excluding carboxylic acids is 1. The Morgan fingerprint density at radius 3 is 2.68 bits per heavy atom. The van der Waals surface area contributed by atoms with Crippen LogP contribution in [-0.4, -0.2) is 63.2 Å². The van der Waals surface area contributed by atoms with E-state index in [0.717, 1.165) is 19.4 Å². The maximum absolute atomic E-state index is 13.2. The smallest absolute Gasteiger partial charge is 0.281 e. The molecule has 3 rings (SSSR count). The summed E-state index contributed by atoms with van der Waals surface area (Å²) in [6, 6.07) is 8.00. The van der Waals surface area contributed by atoms with Gasteiger partial charge in [0, 0.05) is 38.5 Å². The Morgan fingerprint density at radius 1 is 1.26 bits per heavy atom. The van der Waals surface area contributed by atoms with Crippen molar-refractivity contribution in [3.05, 3.63) is 42.1 Å². The largest absolute Gasteiger partial charge is 0.383 e. The molecule has 1 amide bonds. The number of amides is 1. The van der Waals surface area contributed by atoms with Crippen LogP contribution < -0.4 is 14.5 Å². The van der Waals surface area contributed by atoms with Crippen molar-refractivity contribution < 1.29 is 17.9 Å². The van der Waals surface area contributed by atoms with Gasteiger partial charge in [-0.1, -0.05) is 19.9 Å². The van der Waals surface area contributed by atoms with E-state index in [0.29, 0.717) is 37.3 Å². The molecule has 1 N–H and O–H groups in total. The van der Waals surface area contributed by atoms with Crippen LogP contribution in [0.15, 0.2) is 41.6 Å². The van der Waals surface area contributed by atoms with Crippen LogP contribution in [0.25, 0.3) is 0 Å². The fourth-order valence-corrected chi connectivity index (χ4v) is 5.10. The molecule has 186 valence electrons. The zero-order valence-electron chi connectivity index (χ0n) is 20.6. The summed E-state index contributed by atoms with van der Waals surface area (Å²) in [5.41, 5.74) is 0.0143. The van der Waals surface area contributed by atoms with Gasteiger partial charge in [-0.15, -0.1) is 0 Å². The van der Waals surface area contributed by atoms with Crippen LogP contribution in [0.1, 0.15) is 50.9 Å². The van der Waals surface area contributed by atoms with E-state index in [2.05, 4.69) is 40.4 Å². The van der Waals surface area contributed by atoms with E-state index in [-0.39, 0.29) is 16.1 Å². The Bertz CT molecular complexity index is 1110. The van der Waals surface area contributed by atoms with E-state index in [9.17, 15) is 13.2 Å². The summed E-state index contributed by atoms with van der Waals surface area (Å²) in [7, 11) is -2.58. The van der Waals surface area contributed by atoms with E-state index in [1.807, 2.05) is 11.8 Å². The van der Waals surface area contributed by atoms with Crippen LogP contribution in [0.5, 0.6) is 0 Å². The highest BCUT2D eigenvalue weighted by Crippen LogP contribution is 2.38. The summed E-state index contributed by atoms with van der Waals surface area (Å²) >= 11 is 0. The number of ether oxygens (including phenoxy) is 1. The third kappa shape index (κ3) is 5.50. The summed E-state index contributed by atoms with van der Waals surface area (Å²) in [5.74, 6) is 0.685. The third-order valence-electron chi connectivity index (χ3n) is 6.57. The van der Waals surface area contributed by atoms with Gasteiger partial charge in [0.05, 0.1) is 12.2 Å². The van der Waals surface area contributed by atoms with Gasteiger partial charge in [-0.3, -0.25) is 4.79 Å². The monoisotopic (exact) mass is 489 g/mol. The molecular formula is C24H35N5O4S. The van der Waals surface area contributed by atoms with Crippen LogP contribution in [-0.2, 0) is 14.8 Å². The summed E-state index contributed by atoms with van der Waals surface area (Å²) in [4.78, 5) is 26.0. The third-order valence-corrected chi connectivity index (χ3v) is 7.80. The van der Waals surface area contributed by atoms with Gasteiger partial charge in [0.25, 0.3) is 15.9 Å². The highest BCUT2D eigenvalue weighted by atomic mass is 32.2. The van der Waals surface area contributed by atoms with Gasteiger partial charge in [0.2, 0.25) is 0 Å². The minimum Gasteiger partial charge on any atom is -0.383 e. The van der Waals surface area contributed by atoms with E-state index in [1.165, 1.54) is 6.07 Å². The minimum absolute atomic E-state index is 0.205. The van der Waals surface area contributed by atoms with E-state index >= 15 is 0 Å². The molecule has 2 aromatic rings. The Labute approximate surface area is 202 Å². The molecule has 2 aromatic heterocycles. The standard InChI is InChI=1S/C24H35N5O4S/c1-6-14-28(16-17-33-5)20-10-7-11-21(26-20)34(31,32)27-23(30)19-9-8-13-25-22(19)29-15-12-18(2)24(29,3)4/h7-11,13,18H,6,12,14-17H2,1-5H3,(H,27,30). The van der Waals surface area contributed by atoms with Crippen LogP contribution in [0.2, 0.25) is 0 Å². The number of rotatable bonds is 10. The summed E-state index contributed by atoms with van der Waals surface area (Å²) < 4.78 is 33.6. The highest BCUT2D eigenvalue weighted by molar-refractivity contribution is 7.90. The molecule has 0 aromatic carbocycles. The molecule has 1 unspecified atom stereocenters. The van der Waals surface area contributed by atoms with Crippen molar-refractivity contribution in [2.24, 2.45) is 5.92 Å². The molecule has 0 bridgehead atoms. The fraction of sp³-hybridized carbons (Fsp3) is 0.542. The molecule has 1 saturated heterocycles. The second-order valence-corrected chi connectivity index (χ2v) is 10.7. The van der Waals surface area contributed by atoms with Crippen LogP contribution in [0.4, 0.5) is 11.6 Å². The zero-order chi connectivity index (χ0) is 24.9. The fourth-order valence-electron chi connectivity index (χ4n) is 4.17. The van der Waals surface area contributed by atoms with E-state index in [4.69, 9.17) is 4.74 Å². The number of hydrogen-bond donors (Lipinski definition) is 1. The van der Waals surface area contributed by atoms with Gasteiger partial charge in [0.1, 0.15) is 11.6 Å². The van der Waals surface area contributed by atoms with Crippen molar-refractivity contribution in [3.8, 4) is 0 Å². The molecule has 34 heavy (non-hydrogen) atoms. The summed E-state index contributed by atoms with van der Waals surface area (Å²) in [6.45, 7) is 10.9. The number of hydrogen-bond acceptors (Lipinski definition) is 8.